The van der Waals surface area contributed by atoms with Crippen molar-refractivity contribution >= 4 is 0 Å². The first-order valence-electron chi connectivity index (χ1n) is 11.2. The average Bonchev–Trinajstić information content (AvgIpc) is 3.30. The van der Waals surface area contributed by atoms with E-state index in [9.17, 15) is 17.6 Å². The van der Waals surface area contributed by atoms with Gasteiger partial charge in [0.2, 0.25) is 11.7 Å². The van der Waals surface area contributed by atoms with Gasteiger partial charge in [0, 0.05) is 18.5 Å². The zero-order chi connectivity index (χ0) is 23.4. The van der Waals surface area contributed by atoms with Crippen LogP contribution in [0.3, 0.4) is 0 Å². The van der Waals surface area contributed by atoms with Crippen molar-refractivity contribution in [2.45, 2.75) is 76.7 Å². The van der Waals surface area contributed by atoms with Gasteiger partial charge in [0.05, 0.1) is 18.2 Å². The summed E-state index contributed by atoms with van der Waals surface area (Å²) in [6.45, 7) is 4.09. The quantitative estimate of drug-likeness (QED) is 0.297. The molecule has 1 aliphatic heterocycles. The minimum absolute atomic E-state index is 0.0360. The molecule has 1 aromatic carbocycles. The highest BCUT2D eigenvalue weighted by molar-refractivity contribution is 5.59. The molecule has 1 aliphatic rings. The lowest BCUT2D eigenvalue weighted by Crippen LogP contribution is -2.23. The average molecular weight is 458 g/mol. The van der Waals surface area contributed by atoms with Gasteiger partial charge in [0.15, 0.2) is 0 Å². The molecule has 3 rings (SSSR count). The Balaban J connectivity index is 1.70. The standard InChI is InChI=1S/C23H31F4N3O2/c1-4-5-6-7-8-9-12-31-19-11-10-16(13-17(19)23(25,26)27)20-28-21(32-29-20)18-14-22(2,24)15-30(18)3/h10-11,13,18H,4-9,12,14-15H2,1-3H3. The lowest BCUT2D eigenvalue weighted by molar-refractivity contribution is -0.138. The molecule has 5 nitrogen and oxygen atoms in total. The Morgan fingerprint density at radius 3 is 2.56 bits per heavy atom. The molecule has 1 aromatic heterocycles. The molecule has 0 bridgehead atoms. The van der Waals surface area contributed by atoms with Crippen molar-refractivity contribution in [3.8, 4) is 17.1 Å². The topological polar surface area (TPSA) is 51.4 Å². The fourth-order valence-electron chi connectivity index (χ4n) is 4.10. The van der Waals surface area contributed by atoms with Crippen LogP contribution in [0.2, 0.25) is 0 Å². The third kappa shape index (κ3) is 6.21. The number of unbranched alkanes of at least 4 members (excludes halogenated alkanes) is 5. The molecule has 2 heterocycles. The van der Waals surface area contributed by atoms with Crippen LogP contribution in [-0.2, 0) is 6.18 Å². The van der Waals surface area contributed by atoms with E-state index >= 15 is 0 Å². The van der Waals surface area contributed by atoms with Crippen LogP contribution in [0.5, 0.6) is 5.75 Å². The molecule has 0 amide bonds. The maximum atomic E-state index is 14.3. The van der Waals surface area contributed by atoms with Crippen LogP contribution in [0.1, 0.15) is 76.3 Å². The van der Waals surface area contributed by atoms with E-state index in [4.69, 9.17) is 9.26 Å². The van der Waals surface area contributed by atoms with E-state index in [1.807, 2.05) is 0 Å². The molecule has 0 saturated carbocycles. The van der Waals surface area contributed by atoms with Crippen molar-refractivity contribution in [1.82, 2.24) is 15.0 Å². The first-order chi connectivity index (χ1) is 15.1. The lowest BCUT2D eigenvalue weighted by atomic mass is 10.1. The Bertz CT molecular complexity index is 882. The highest BCUT2D eigenvalue weighted by atomic mass is 19.4. The van der Waals surface area contributed by atoms with E-state index in [0.717, 1.165) is 31.7 Å². The van der Waals surface area contributed by atoms with Gasteiger partial charge in [-0.25, -0.2) is 4.39 Å². The molecule has 0 aliphatic carbocycles. The number of benzene rings is 1. The second-order valence-electron chi connectivity index (χ2n) is 8.83. The molecular weight excluding hydrogens is 426 g/mol. The molecule has 2 aromatic rings. The summed E-state index contributed by atoms with van der Waals surface area (Å²) >= 11 is 0. The van der Waals surface area contributed by atoms with Gasteiger partial charge >= 0.3 is 6.18 Å². The fourth-order valence-corrected chi connectivity index (χ4v) is 4.10. The molecule has 2 unspecified atom stereocenters. The predicted molar refractivity (Wildman–Crippen MR) is 113 cm³/mol. The van der Waals surface area contributed by atoms with Crippen LogP contribution in [0, 0.1) is 0 Å². The van der Waals surface area contributed by atoms with Crippen LogP contribution >= 0.6 is 0 Å². The lowest BCUT2D eigenvalue weighted by Gasteiger charge is -2.15. The van der Waals surface area contributed by atoms with Crippen LogP contribution in [0.15, 0.2) is 22.7 Å². The van der Waals surface area contributed by atoms with Crippen LogP contribution < -0.4 is 4.74 Å². The third-order valence-electron chi connectivity index (χ3n) is 5.76. The SMILES string of the molecule is CCCCCCCCOc1ccc(-c2noc(C3CC(C)(F)CN3C)n2)cc1C(F)(F)F. The summed E-state index contributed by atoms with van der Waals surface area (Å²) in [5, 5.41) is 3.83. The van der Waals surface area contributed by atoms with Gasteiger partial charge in [-0.3, -0.25) is 4.90 Å². The normalized spacial score (nSPS) is 21.9. The van der Waals surface area contributed by atoms with Crippen molar-refractivity contribution in [1.29, 1.82) is 0 Å². The number of hydrogen-bond acceptors (Lipinski definition) is 5. The molecule has 178 valence electrons. The number of likely N-dealkylation sites (tertiary alicyclic amines) is 1. The number of nitrogens with zero attached hydrogens (tertiary/aromatic N) is 3. The zero-order valence-electron chi connectivity index (χ0n) is 18.8. The number of rotatable bonds is 10. The summed E-state index contributed by atoms with van der Waals surface area (Å²) in [7, 11) is 1.75. The second kappa shape index (κ2) is 10.2. The number of alkyl halides is 4. The Kier molecular flexibility index (Phi) is 7.79. The molecule has 9 heteroatoms. The van der Waals surface area contributed by atoms with Crippen LogP contribution in [0.25, 0.3) is 11.4 Å². The van der Waals surface area contributed by atoms with E-state index in [0.29, 0.717) is 6.42 Å². The van der Waals surface area contributed by atoms with Crippen molar-refractivity contribution in [2.24, 2.45) is 0 Å². The van der Waals surface area contributed by atoms with Gasteiger partial charge in [-0.1, -0.05) is 44.2 Å². The minimum atomic E-state index is -4.58. The van der Waals surface area contributed by atoms with E-state index in [1.54, 1.807) is 11.9 Å². The van der Waals surface area contributed by atoms with Gasteiger partial charge < -0.3 is 9.26 Å². The first-order valence-corrected chi connectivity index (χ1v) is 11.2. The van der Waals surface area contributed by atoms with E-state index in [1.165, 1.54) is 25.5 Å². The summed E-state index contributed by atoms with van der Waals surface area (Å²) in [4.78, 5) is 6.01. The third-order valence-corrected chi connectivity index (χ3v) is 5.76. The van der Waals surface area contributed by atoms with Gasteiger partial charge in [-0.15, -0.1) is 0 Å². The van der Waals surface area contributed by atoms with Gasteiger partial charge in [-0.05, 0) is 38.6 Å². The van der Waals surface area contributed by atoms with Gasteiger partial charge in [-0.2, -0.15) is 18.2 Å². The highest BCUT2D eigenvalue weighted by Crippen LogP contribution is 2.40. The molecule has 32 heavy (non-hydrogen) atoms. The second-order valence-corrected chi connectivity index (χ2v) is 8.83. The maximum Gasteiger partial charge on any atom is 0.419 e. The summed E-state index contributed by atoms with van der Waals surface area (Å²) in [6.07, 6.45) is 1.74. The molecule has 0 spiro atoms. The molecular formula is C23H31F4N3O2. The van der Waals surface area contributed by atoms with Crippen molar-refractivity contribution in [3.05, 3.63) is 29.7 Å². The van der Waals surface area contributed by atoms with Crippen molar-refractivity contribution in [3.63, 3.8) is 0 Å². The fraction of sp³-hybridized carbons (Fsp3) is 0.652. The summed E-state index contributed by atoms with van der Waals surface area (Å²) in [5.41, 5.74) is -2.09. The number of ether oxygens (including phenoxy) is 1. The van der Waals surface area contributed by atoms with Gasteiger partial charge in [0.25, 0.3) is 0 Å². The van der Waals surface area contributed by atoms with Gasteiger partial charge in [0.1, 0.15) is 11.4 Å². The highest BCUT2D eigenvalue weighted by Gasteiger charge is 2.42. The molecule has 1 saturated heterocycles. The summed E-state index contributed by atoms with van der Waals surface area (Å²) in [5.74, 6) is 0.0249. The summed E-state index contributed by atoms with van der Waals surface area (Å²) in [6, 6.07) is 3.35. The van der Waals surface area contributed by atoms with Crippen LogP contribution in [0.4, 0.5) is 17.6 Å². The molecule has 2 atom stereocenters. The van der Waals surface area contributed by atoms with Crippen LogP contribution in [-0.4, -0.2) is 40.9 Å². The van der Waals surface area contributed by atoms with E-state index in [2.05, 4.69) is 17.1 Å². The Morgan fingerprint density at radius 2 is 1.91 bits per heavy atom. The monoisotopic (exact) mass is 457 g/mol. The molecule has 1 fully saturated rings. The minimum Gasteiger partial charge on any atom is -0.493 e. The van der Waals surface area contributed by atoms with E-state index < -0.39 is 23.5 Å². The number of hydrogen-bond donors (Lipinski definition) is 0. The predicted octanol–water partition coefficient (Wildman–Crippen LogP) is 6.60. The summed E-state index contributed by atoms with van der Waals surface area (Å²) < 4.78 is 66.0. The Hall–Kier alpha value is -2.16. The largest absolute Gasteiger partial charge is 0.493 e. The maximum absolute atomic E-state index is 14.3. The Labute approximate surface area is 186 Å². The van der Waals surface area contributed by atoms with Crippen molar-refractivity contribution < 1.29 is 26.8 Å². The zero-order valence-corrected chi connectivity index (χ0v) is 18.8. The van der Waals surface area contributed by atoms with Crippen molar-refractivity contribution in [2.75, 3.05) is 20.2 Å². The smallest absolute Gasteiger partial charge is 0.419 e. The number of halogens is 4. The Morgan fingerprint density at radius 1 is 1.19 bits per heavy atom. The first kappa shape index (κ1) is 24.5. The molecule has 0 N–H and O–H groups in total. The number of aromatic nitrogens is 2. The molecule has 0 radical (unpaired) electrons. The van der Waals surface area contributed by atoms with E-state index in [-0.39, 0.29) is 42.6 Å².